The summed E-state index contributed by atoms with van der Waals surface area (Å²) in [4.78, 5) is 14.0. The quantitative estimate of drug-likeness (QED) is 0.784. The molecule has 0 aliphatic rings. The zero-order valence-electron chi connectivity index (χ0n) is 11.4. The molecule has 0 aliphatic heterocycles. The summed E-state index contributed by atoms with van der Waals surface area (Å²) in [6.07, 6.45) is 3.02. The molecule has 0 radical (unpaired) electrons. The summed E-state index contributed by atoms with van der Waals surface area (Å²) in [5.41, 5.74) is 0.664. The molecule has 5 heteroatoms. The van der Waals surface area contributed by atoms with Gasteiger partial charge in [-0.1, -0.05) is 43.5 Å². The van der Waals surface area contributed by atoms with Gasteiger partial charge in [0.1, 0.15) is 0 Å². The number of carbonyl (C=O) groups excluding carboxylic acids is 1. The number of rotatable bonds is 6. The largest absolute Gasteiger partial charge is 0.325 e. The highest BCUT2D eigenvalue weighted by molar-refractivity contribution is 6.42. The molecule has 0 unspecified atom stereocenters. The smallest absolute Gasteiger partial charge is 0.321 e. The first-order valence-electron chi connectivity index (χ1n) is 6.59. The molecule has 3 nitrogen and oxygen atoms in total. The number of halogens is 2. The Balaban J connectivity index is 2.66. The van der Waals surface area contributed by atoms with Crippen LogP contribution in [-0.2, 0) is 0 Å². The molecule has 0 aliphatic carbocycles. The van der Waals surface area contributed by atoms with Crippen LogP contribution >= 0.6 is 23.2 Å². The van der Waals surface area contributed by atoms with Gasteiger partial charge >= 0.3 is 6.03 Å². The van der Waals surface area contributed by atoms with Gasteiger partial charge in [0.2, 0.25) is 0 Å². The van der Waals surface area contributed by atoms with Crippen molar-refractivity contribution in [3.63, 3.8) is 0 Å². The van der Waals surface area contributed by atoms with Crippen LogP contribution in [0, 0.1) is 0 Å². The molecule has 0 saturated heterocycles. The third kappa shape index (κ3) is 5.29. The van der Waals surface area contributed by atoms with E-state index in [1.807, 2.05) is 4.90 Å². The molecule has 106 valence electrons. The van der Waals surface area contributed by atoms with Gasteiger partial charge in [-0.25, -0.2) is 4.79 Å². The molecule has 0 atom stereocenters. The van der Waals surface area contributed by atoms with Crippen molar-refractivity contribution in [3.8, 4) is 0 Å². The molecule has 1 rings (SSSR count). The molecular formula is C14H20Cl2N2O. The molecule has 1 aromatic rings. The third-order valence-electron chi connectivity index (χ3n) is 2.73. The molecule has 0 saturated carbocycles. The average molecular weight is 303 g/mol. The number of nitrogens with one attached hydrogen (secondary N) is 1. The Morgan fingerprint density at radius 1 is 1.16 bits per heavy atom. The van der Waals surface area contributed by atoms with Gasteiger partial charge in [-0.15, -0.1) is 0 Å². The summed E-state index contributed by atoms with van der Waals surface area (Å²) in [6.45, 7) is 5.71. The maximum Gasteiger partial charge on any atom is 0.321 e. The van der Waals surface area contributed by atoms with Crippen LogP contribution in [0.15, 0.2) is 18.2 Å². The minimum absolute atomic E-state index is 0.0892. The van der Waals surface area contributed by atoms with Crippen LogP contribution in [0.2, 0.25) is 10.0 Å². The maximum atomic E-state index is 12.1. The van der Waals surface area contributed by atoms with E-state index in [2.05, 4.69) is 19.2 Å². The zero-order valence-corrected chi connectivity index (χ0v) is 12.9. The van der Waals surface area contributed by atoms with E-state index in [-0.39, 0.29) is 6.03 Å². The second-order valence-corrected chi connectivity index (χ2v) is 5.21. The van der Waals surface area contributed by atoms with E-state index in [1.54, 1.807) is 18.2 Å². The molecule has 1 N–H and O–H groups in total. The Bertz CT molecular complexity index is 424. The summed E-state index contributed by atoms with van der Waals surface area (Å²) >= 11 is 11.8. The standard InChI is InChI=1S/C14H20Cl2N2O/c1-3-5-9-18(8-4-2)14(19)17-11-6-7-12(15)13(16)10-11/h6-7,10H,3-5,8-9H2,1-2H3,(H,17,19). The number of nitrogens with zero attached hydrogens (tertiary/aromatic N) is 1. The van der Waals surface area contributed by atoms with Crippen molar-refractivity contribution < 1.29 is 4.79 Å². The van der Waals surface area contributed by atoms with E-state index in [1.165, 1.54) is 0 Å². The third-order valence-corrected chi connectivity index (χ3v) is 3.47. The van der Waals surface area contributed by atoms with Crippen molar-refractivity contribution in [2.24, 2.45) is 0 Å². The Morgan fingerprint density at radius 3 is 2.47 bits per heavy atom. The van der Waals surface area contributed by atoms with Gasteiger partial charge < -0.3 is 10.2 Å². The summed E-state index contributed by atoms with van der Waals surface area (Å²) in [5.74, 6) is 0. The first-order chi connectivity index (χ1) is 9.08. The highest BCUT2D eigenvalue weighted by Crippen LogP contribution is 2.25. The second-order valence-electron chi connectivity index (χ2n) is 4.40. The predicted molar refractivity (Wildman–Crippen MR) is 82.3 cm³/mol. The van der Waals surface area contributed by atoms with Crippen LogP contribution in [-0.4, -0.2) is 24.0 Å². The summed E-state index contributed by atoms with van der Waals surface area (Å²) in [6, 6.07) is 4.99. The number of unbranched alkanes of at least 4 members (excludes halogenated alkanes) is 1. The van der Waals surface area contributed by atoms with Crippen LogP contribution < -0.4 is 5.32 Å². The molecular weight excluding hydrogens is 283 g/mol. The first kappa shape index (κ1) is 16.1. The van der Waals surface area contributed by atoms with Gasteiger partial charge in [-0.05, 0) is 31.0 Å². The van der Waals surface area contributed by atoms with E-state index in [9.17, 15) is 4.79 Å². The van der Waals surface area contributed by atoms with Gasteiger partial charge in [0.25, 0.3) is 0 Å². The number of hydrogen-bond donors (Lipinski definition) is 1. The number of amides is 2. The fraction of sp³-hybridized carbons (Fsp3) is 0.500. The van der Waals surface area contributed by atoms with E-state index in [4.69, 9.17) is 23.2 Å². The van der Waals surface area contributed by atoms with Gasteiger partial charge in [-0.2, -0.15) is 0 Å². The molecule has 1 aromatic carbocycles. The van der Waals surface area contributed by atoms with Gasteiger partial charge in [0.15, 0.2) is 0 Å². The lowest BCUT2D eigenvalue weighted by molar-refractivity contribution is 0.211. The molecule has 0 fully saturated rings. The highest BCUT2D eigenvalue weighted by Gasteiger charge is 2.12. The van der Waals surface area contributed by atoms with Crippen molar-refractivity contribution >= 4 is 34.9 Å². The van der Waals surface area contributed by atoms with Crippen LogP contribution in [0.3, 0.4) is 0 Å². The van der Waals surface area contributed by atoms with Gasteiger partial charge in [0, 0.05) is 18.8 Å². The zero-order chi connectivity index (χ0) is 14.3. The first-order valence-corrected chi connectivity index (χ1v) is 7.35. The average Bonchev–Trinajstić information content (AvgIpc) is 2.38. The fourth-order valence-electron chi connectivity index (χ4n) is 1.71. The SMILES string of the molecule is CCCCN(CCC)C(=O)Nc1ccc(Cl)c(Cl)c1. The van der Waals surface area contributed by atoms with E-state index in [0.29, 0.717) is 15.7 Å². The minimum atomic E-state index is -0.0892. The molecule has 19 heavy (non-hydrogen) atoms. The Labute approximate surface area is 124 Å². The second kappa shape index (κ2) is 8.28. The van der Waals surface area contributed by atoms with Crippen molar-refractivity contribution in [2.45, 2.75) is 33.1 Å². The van der Waals surface area contributed by atoms with Gasteiger partial charge in [-0.3, -0.25) is 0 Å². The monoisotopic (exact) mass is 302 g/mol. The number of benzene rings is 1. The van der Waals surface area contributed by atoms with E-state index < -0.39 is 0 Å². The molecule has 2 amide bonds. The fourth-order valence-corrected chi connectivity index (χ4v) is 2.01. The van der Waals surface area contributed by atoms with Crippen molar-refractivity contribution in [1.29, 1.82) is 0 Å². The summed E-state index contributed by atoms with van der Waals surface area (Å²) in [5, 5.41) is 3.77. The van der Waals surface area contributed by atoms with Crippen LogP contribution in [0.5, 0.6) is 0 Å². The minimum Gasteiger partial charge on any atom is -0.325 e. The predicted octanol–water partition coefficient (Wildman–Crippen LogP) is 5.04. The topological polar surface area (TPSA) is 32.3 Å². The highest BCUT2D eigenvalue weighted by atomic mass is 35.5. The normalized spacial score (nSPS) is 10.3. The Morgan fingerprint density at radius 2 is 1.89 bits per heavy atom. The van der Waals surface area contributed by atoms with Crippen LogP contribution in [0.25, 0.3) is 0 Å². The van der Waals surface area contributed by atoms with Crippen molar-refractivity contribution in [3.05, 3.63) is 28.2 Å². The Hall–Kier alpha value is -0.930. The molecule has 0 spiro atoms. The summed E-state index contributed by atoms with van der Waals surface area (Å²) in [7, 11) is 0. The van der Waals surface area contributed by atoms with E-state index in [0.717, 1.165) is 32.4 Å². The molecule has 0 bridgehead atoms. The number of hydrogen-bond acceptors (Lipinski definition) is 1. The lowest BCUT2D eigenvalue weighted by Crippen LogP contribution is -2.36. The molecule has 0 aromatic heterocycles. The number of anilines is 1. The van der Waals surface area contributed by atoms with Gasteiger partial charge in [0.05, 0.1) is 10.0 Å². The van der Waals surface area contributed by atoms with Crippen molar-refractivity contribution in [2.75, 3.05) is 18.4 Å². The maximum absolute atomic E-state index is 12.1. The molecule has 0 heterocycles. The number of urea groups is 1. The lowest BCUT2D eigenvalue weighted by Gasteiger charge is -2.22. The number of carbonyl (C=O) groups is 1. The lowest BCUT2D eigenvalue weighted by atomic mass is 10.3. The van der Waals surface area contributed by atoms with Crippen LogP contribution in [0.4, 0.5) is 10.5 Å². The van der Waals surface area contributed by atoms with E-state index >= 15 is 0 Å². The van der Waals surface area contributed by atoms with Crippen molar-refractivity contribution in [1.82, 2.24) is 4.90 Å². The Kier molecular flexibility index (Phi) is 7.03. The summed E-state index contributed by atoms with van der Waals surface area (Å²) < 4.78 is 0. The van der Waals surface area contributed by atoms with Crippen LogP contribution in [0.1, 0.15) is 33.1 Å².